The summed E-state index contributed by atoms with van der Waals surface area (Å²) in [6.45, 7) is 0.376. The predicted octanol–water partition coefficient (Wildman–Crippen LogP) is 0.563. The number of aromatic nitrogens is 4. The first kappa shape index (κ1) is 24.1. The van der Waals surface area contributed by atoms with Gasteiger partial charge in [0.1, 0.15) is 6.04 Å². The highest BCUT2D eigenvalue weighted by Crippen LogP contribution is 2.16. The van der Waals surface area contributed by atoms with E-state index in [-0.39, 0.29) is 31.0 Å². The van der Waals surface area contributed by atoms with Crippen LogP contribution in [0.15, 0.2) is 30.5 Å². The third kappa shape index (κ3) is 6.72. The number of aryl methyl sites for hydroxylation is 1. The lowest BCUT2D eigenvalue weighted by Crippen LogP contribution is -2.41. The molecule has 0 saturated heterocycles. The molecule has 1 atom stereocenters. The molecule has 178 valence electrons. The number of nitrogens with two attached hydrogens (primary N) is 2. The van der Waals surface area contributed by atoms with Gasteiger partial charge in [-0.05, 0) is 30.5 Å². The van der Waals surface area contributed by atoms with Crippen LogP contribution in [0.3, 0.4) is 0 Å². The topological polar surface area (TPSA) is 219 Å². The third-order valence-electron chi connectivity index (χ3n) is 4.85. The number of hydrogen-bond donors (Lipinski definition) is 6. The molecule has 0 bridgehead atoms. The van der Waals surface area contributed by atoms with Crippen molar-refractivity contribution in [3.63, 3.8) is 0 Å². The first-order valence-electron chi connectivity index (χ1n) is 10.3. The molecule has 0 aliphatic carbocycles. The van der Waals surface area contributed by atoms with Crippen LogP contribution in [-0.4, -0.2) is 54.0 Å². The zero-order valence-corrected chi connectivity index (χ0v) is 18.1. The van der Waals surface area contributed by atoms with Gasteiger partial charge >= 0.3 is 11.9 Å². The first-order valence-corrected chi connectivity index (χ1v) is 10.3. The summed E-state index contributed by atoms with van der Waals surface area (Å²) in [4.78, 5) is 50.3. The van der Waals surface area contributed by atoms with Crippen molar-refractivity contribution in [2.24, 2.45) is 0 Å². The molecule has 2 aromatic heterocycles. The summed E-state index contributed by atoms with van der Waals surface area (Å²) >= 11 is 0. The van der Waals surface area contributed by atoms with E-state index < -0.39 is 23.9 Å². The standard InChI is InChI=1S/C21H24N8O5/c22-18-17-19(29-21(23)28-18)25-10-13(26-17)9-24-12-4-1-11(2-5-12)3-7-15(30)27-14(20(33)34)6-8-16(31)32/h1-2,4-5,10,14,24H,3,6-9H2,(H,27,30)(H,31,32)(H,33,34)(H4,22,23,25,28,29). The first-order chi connectivity index (χ1) is 16.2. The number of carboxylic acids is 2. The van der Waals surface area contributed by atoms with Crippen molar-refractivity contribution in [3.05, 3.63) is 41.7 Å². The molecule has 0 fully saturated rings. The van der Waals surface area contributed by atoms with Crippen LogP contribution in [0, 0.1) is 0 Å². The van der Waals surface area contributed by atoms with Gasteiger partial charge in [-0.1, -0.05) is 12.1 Å². The maximum atomic E-state index is 12.1. The Morgan fingerprint density at radius 1 is 1.00 bits per heavy atom. The van der Waals surface area contributed by atoms with E-state index in [0.717, 1.165) is 11.3 Å². The van der Waals surface area contributed by atoms with E-state index >= 15 is 0 Å². The van der Waals surface area contributed by atoms with Gasteiger partial charge in [0.15, 0.2) is 17.0 Å². The Morgan fingerprint density at radius 3 is 2.41 bits per heavy atom. The van der Waals surface area contributed by atoms with Gasteiger partial charge < -0.3 is 32.3 Å². The van der Waals surface area contributed by atoms with Crippen molar-refractivity contribution < 1.29 is 24.6 Å². The van der Waals surface area contributed by atoms with E-state index in [1.165, 1.54) is 0 Å². The smallest absolute Gasteiger partial charge is 0.326 e. The number of amides is 1. The minimum atomic E-state index is -1.26. The van der Waals surface area contributed by atoms with Crippen LogP contribution in [0.2, 0.25) is 0 Å². The van der Waals surface area contributed by atoms with Gasteiger partial charge in [-0.15, -0.1) is 0 Å². The Balaban J connectivity index is 1.50. The molecule has 0 aliphatic rings. The Morgan fingerprint density at radius 2 is 1.74 bits per heavy atom. The van der Waals surface area contributed by atoms with Crippen LogP contribution >= 0.6 is 0 Å². The largest absolute Gasteiger partial charge is 0.481 e. The van der Waals surface area contributed by atoms with Gasteiger partial charge in [0.25, 0.3) is 0 Å². The molecule has 1 amide bonds. The zero-order valence-electron chi connectivity index (χ0n) is 18.1. The molecule has 2 heterocycles. The van der Waals surface area contributed by atoms with Crippen LogP contribution < -0.4 is 22.1 Å². The summed E-state index contributed by atoms with van der Waals surface area (Å²) in [7, 11) is 0. The van der Waals surface area contributed by atoms with Crippen LogP contribution in [0.1, 0.15) is 30.5 Å². The Labute approximate surface area is 193 Å². The number of carboxylic acid groups (broad SMARTS) is 2. The minimum Gasteiger partial charge on any atom is -0.481 e. The third-order valence-corrected chi connectivity index (χ3v) is 4.85. The molecule has 0 radical (unpaired) electrons. The molecule has 3 aromatic rings. The number of nitrogens with zero attached hydrogens (tertiary/aromatic N) is 4. The van der Waals surface area contributed by atoms with Gasteiger partial charge in [-0.25, -0.2) is 14.8 Å². The van der Waals surface area contributed by atoms with Gasteiger partial charge in [-0.2, -0.15) is 9.97 Å². The maximum Gasteiger partial charge on any atom is 0.326 e. The van der Waals surface area contributed by atoms with E-state index in [2.05, 4.69) is 30.6 Å². The second kappa shape index (κ2) is 10.8. The molecular weight excluding hydrogens is 444 g/mol. The molecule has 3 rings (SSSR count). The average Bonchev–Trinajstić information content (AvgIpc) is 2.79. The van der Waals surface area contributed by atoms with Gasteiger partial charge in [0.05, 0.1) is 18.4 Å². The SMILES string of the molecule is Nc1nc(N)c2nc(CNc3ccc(CCC(=O)NC(CCC(=O)O)C(=O)O)cc3)cnc2n1. The number of hydrogen-bond acceptors (Lipinski definition) is 10. The lowest BCUT2D eigenvalue weighted by atomic mass is 10.1. The molecule has 13 nitrogen and oxygen atoms in total. The number of benzene rings is 1. The maximum absolute atomic E-state index is 12.1. The fourth-order valence-electron chi connectivity index (χ4n) is 3.10. The Kier molecular flexibility index (Phi) is 7.69. The summed E-state index contributed by atoms with van der Waals surface area (Å²) < 4.78 is 0. The number of rotatable bonds is 11. The van der Waals surface area contributed by atoms with Crippen LogP contribution in [0.5, 0.6) is 0 Å². The molecule has 0 spiro atoms. The summed E-state index contributed by atoms with van der Waals surface area (Å²) in [6, 6.07) is 6.14. The number of nitrogen functional groups attached to an aromatic ring is 2. The second-order valence-electron chi connectivity index (χ2n) is 7.44. The van der Waals surface area contributed by atoms with Crippen molar-refractivity contribution >= 4 is 46.5 Å². The highest BCUT2D eigenvalue weighted by molar-refractivity contribution is 5.84. The fraction of sp³-hybridized carbons (Fsp3) is 0.286. The van der Waals surface area contributed by atoms with Gasteiger partial charge in [0.2, 0.25) is 11.9 Å². The van der Waals surface area contributed by atoms with E-state index in [1.54, 1.807) is 6.20 Å². The lowest BCUT2D eigenvalue weighted by Gasteiger charge is -2.13. The van der Waals surface area contributed by atoms with Crippen LogP contribution in [0.4, 0.5) is 17.5 Å². The zero-order chi connectivity index (χ0) is 24.7. The lowest BCUT2D eigenvalue weighted by molar-refractivity contribution is -0.143. The molecule has 8 N–H and O–H groups in total. The van der Waals surface area contributed by atoms with Gasteiger partial charge in [0, 0.05) is 18.5 Å². The quantitative estimate of drug-likeness (QED) is 0.227. The monoisotopic (exact) mass is 468 g/mol. The number of aliphatic carboxylic acids is 2. The molecule has 13 heteroatoms. The Bertz CT molecular complexity index is 1200. The minimum absolute atomic E-state index is 0.0302. The van der Waals surface area contributed by atoms with E-state index in [0.29, 0.717) is 29.8 Å². The van der Waals surface area contributed by atoms with E-state index in [4.69, 9.17) is 21.7 Å². The van der Waals surface area contributed by atoms with Crippen molar-refractivity contribution in [2.45, 2.75) is 38.3 Å². The predicted molar refractivity (Wildman–Crippen MR) is 122 cm³/mol. The van der Waals surface area contributed by atoms with Crippen molar-refractivity contribution in [2.75, 3.05) is 16.8 Å². The van der Waals surface area contributed by atoms with Crippen molar-refractivity contribution in [3.8, 4) is 0 Å². The van der Waals surface area contributed by atoms with Crippen molar-refractivity contribution in [1.82, 2.24) is 25.3 Å². The summed E-state index contributed by atoms with van der Waals surface area (Å²) in [6.07, 6.45) is 1.52. The number of nitrogens with one attached hydrogen (secondary N) is 2. The average molecular weight is 468 g/mol. The molecule has 1 unspecified atom stereocenters. The Hall–Kier alpha value is -4.55. The fourth-order valence-corrected chi connectivity index (χ4v) is 3.10. The second-order valence-corrected chi connectivity index (χ2v) is 7.44. The molecule has 1 aromatic carbocycles. The highest BCUT2D eigenvalue weighted by atomic mass is 16.4. The van der Waals surface area contributed by atoms with Gasteiger partial charge in [-0.3, -0.25) is 9.59 Å². The molecule has 34 heavy (non-hydrogen) atoms. The number of anilines is 3. The van der Waals surface area contributed by atoms with Crippen molar-refractivity contribution in [1.29, 1.82) is 0 Å². The van der Waals surface area contributed by atoms with E-state index in [9.17, 15) is 14.4 Å². The molecule has 0 saturated carbocycles. The van der Waals surface area contributed by atoms with E-state index in [1.807, 2.05) is 24.3 Å². The molecule has 0 aliphatic heterocycles. The normalized spacial score (nSPS) is 11.6. The number of carbonyl (C=O) groups is 3. The summed E-state index contributed by atoms with van der Waals surface area (Å²) in [5.41, 5.74) is 14.4. The van der Waals surface area contributed by atoms with Crippen LogP contribution in [0.25, 0.3) is 11.2 Å². The van der Waals surface area contributed by atoms with Crippen LogP contribution in [-0.2, 0) is 27.3 Å². The summed E-state index contributed by atoms with van der Waals surface area (Å²) in [5, 5.41) is 23.4. The number of fused-ring (bicyclic) bond motifs is 1. The molecular formula is C21H24N8O5. The highest BCUT2D eigenvalue weighted by Gasteiger charge is 2.20. The summed E-state index contributed by atoms with van der Waals surface area (Å²) in [5.74, 6) is -2.66. The number of carbonyl (C=O) groups excluding carboxylic acids is 1.